The summed E-state index contributed by atoms with van der Waals surface area (Å²) < 4.78 is 5.91. The Morgan fingerprint density at radius 3 is 2.76 bits per heavy atom. The van der Waals surface area contributed by atoms with Crippen LogP contribution in [-0.4, -0.2) is 28.8 Å². The molecule has 0 fully saturated rings. The topological polar surface area (TPSA) is 79.5 Å². The van der Waals surface area contributed by atoms with Gasteiger partial charge in [0.05, 0.1) is 5.75 Å². The number of aliphatic carboxylic acids is 1. The lowest BCUT2D eigenvalue weighted by Crippen LogP contribution is -2.41. The van der Waals surface area contributed by atoms with Gasteiger partial charge in [0.25, 0.3) is 0 Å². The second-order valence-electron chi connectivity index (χ2n) is 3.31. The van der Waals surface area contributed by atoms with Crippen LogP contribution in [0.25, 0.3) is 0 Å². The number of carbonyl (C=O) groups excluding carboxylic acids is 1. The molecule has 0 aliphatic heterocycles. The molecule has 0 saturated carbocycles. The quantitative estimate of drug-likeness (QED) is 0.836. The lowest BCUT2D eigenvalue weighted by molar-refractivity contribution is -0.140. The van der Waals surface area contributed by atoms with Gasteiger partial charge in [-0.05, 0) is 28.1 Å². The average Bonchev–Trinajstić information content (AvgIpc) is 2.62. The molecule has 0 spiro atoms. The van der Waals surface area contributed by atoms with Crippen LogP contribution in [0.1, 0.15) is 12.7 Å². The van der Waals surface area contributed by atoms with Crippen LogP contribution in [0.15, 0.2) is 21.2 Å². The van der Waals surface area contributed by atoms with Gasteiger partial charge >= 0.3 is 5.97 Å². The number of nitrogens with one attached hydrogen (secondary N) is 1. The summed E-state index contributed by atoms with van der Waals surface area (Å²) in [5.74, 6) is 0.239. The predicted molar refractivity (Wildman–Crippen MR) is 67.8 cm³/mol. The summed E-state index contributed by atoms with van der Waals surface area (Å²) in [6.07, 6.45) is 0. The number of rotatable bonds is 6. The van der Waals surface area contributed by atoms with Gasteiger partial charge in [0.15, 0.2) is 4.67 Å². The normalized spacial score (nSPS) is 12.1. The standard InChI is InChI=1S/C10H12BrNO4S/c1-6(13)12-8(10(14)15)5-17-4-7-2-3-9(11)16-7/h2-3,8H,4-5H2,1H3,(H,12,13)(H,14,15)/t8-/m0/s1. The fourth-order valence-electron chi connectivity index (χ4n) is 1.13. The number of thioether (sulfide) groups is 1. The summed E-state index contributed by atoms with van der Waals surface area (Å²) >= 11 is 4.57. The maximum atomic E-state index is 10.8. The van der Waals surface area contributed by atoms with Crippen molar-refractivity contribution in [3.8, 4) is 0 Å². The predicted octanol–water partition coefficient (Wildman–Crippen LogP) is 1.86. The fourth-order valence-corrected chi connectivity index (χ4v) is 2.40. The Bertz CT molecular complexity index is 407. The number of furan rings is 1. The Morgan fingerprint density at radius 2 is 2.29 bits per heavy atom. The summed E-state index contributed by atoms with van der Waals surface area (Å²) in [4.78, 5) is 21.6. The molecule has 0 aliphatic rings. The van der Waals surface area contributed by atoms with E-state index in [0.29, 0.717) is 16.2 Å². The van der Waals surface area contributed by atoms with Gasteiger partial charge in [-0.15, -0.1) is 0 Å². The number of carboxylic acids is 1. The largest absolute Gasteiger partial charge is 0.480 e. The first-order valence-electron chi connectivity index (χ1n) is 4.81. The van der Waals surface area contributed by atoms with Gasteiger partial charge in [0, 0.05) is 12.7 Å². The lowest BCUT2D eigenvalue weighted by Gasteiger charge is -2.11. The first-order valence-corrected chi connectivity index (χ1v) is 6.75. The zero-order chi connectivity index (χ0) is 12.8. The van der Waals surface area contributed by atoms with E-state index in [-0.39, 0.29) is 5.91 Å². The molecule has 1 heterocycles. The zero-order valence-corrected chi connectivity index (χ0v) is 11.5. The van der Waals surface area contributed by atoms with Crippen molar-refractivity contribution in [1.29, 1.82) is 0 Å². The van der Waals surface area contributed by atoms with E-state index in [4.69, 9.17) is 9.52 Å². The Hall–Kier alpha value is -0.950. The molecule has 94 valence electrons. The Balaban J connectivity index is 2.37. The molecule has 1 aromatic rings. The Morgan fingerprint density at radius 1 is 1.59 bits per heavy atom. The van der Waals surface area contributed by atoms with E-state index in [9.17, 15) is 9.59 Å². The molecule has 1 rings (SSSR count). The van der Waals surface area contributed by atoms with Crippen molar-refractivity contribution in [2.45, 2.75) is 18.7 Å². The average molecular weight is 322 g/mol. The van der Waals surface area contributed by atoms with Crippen molar-refractivity contribution in [3.63, 3.8) is 0 Å². The number of amides is 1. The highest BCUT2D eigenvalue weighted by molar-refractivity contribution is 9.10. The minimum absolute atomic E-state index is 0.299. The molecule has 1 aromatic heterocycles. The van der Waals surface area contributed by atoms with Crippen LogP contribution in [0.5, 0.6) is 0 Å². The molecule has 7 heteroatoms. The number of hydrogen-bond acceptors (Lipinski definition) is 4. The van der Waals surface area contributed by atoms with Crippen molar-refractivity contribution in [2.75, 3.05) is 5.75 Å². The van der Waals surface area contributed by atoms with Crippen LogP contribution in [0.2, 0.25) is 0 Å². The lowest BCUT2D eigenvalue weighted by atomic mass is 10.3. The van der Waals surface area contributed by atoms with Gasteiger partial charge in [0.1, 0.15) is 11.8 Å². The first kappa shape index (κ1) is 14.1. The van der Waals surface area contributed by atoms with Crippen LogP contribution in [-0.2, 0) is 15.3 Å². The van der Waals surface area contributed by atoms with Gasteiger partial charge < -0.3 is 14.8 Å². The second kappa shape index (κ2) is 6.70. The van der Waals surface area contributed by atoms with Gasteiger partial charge in [-0.3, -0.25) is 4.79 Å². The molecule has 2 N–H and O–H groups in total. The second-order valence-corrected chi connectivity index (χ2v) is 5.12. The molecule has 0 saturated heterocycles. The highest BCUT2D eigenvalue weighted by atomic mass is 79.9. The van der Waals surface area contributed by atoms with Crippen LogP contribution < -0.4 is 5.32 Å². The van der Waals surface area contributed by atoms with Crippen molar-refractivity contribution < 1.29 is 19.1 Å². The third-order valence-corrected chi connectivity index (χ3v) is 3.32. The number of carboxylic acid groups (broad SMARTS) is 1. The van der Waals surface area contributed by atoms with E-state index >= 15 is 0 Å². The third-order valence-electron chi connectivity index (χ3n) is 1.83. The van der Waals surface area contributed by atoms with Crippen molar-refractivity contribution >= 4 is 39.6 Å². The molecular weight excluding hydrogens is 310 g/mol. The molecule has 0 aliphatic carbocycles. The summed E-state index contributed by atoms with van der Waals surface area (Å²) in [5, 5.41) is 11.2. The van der Waals surface area contributed by atoms with E-state index in [2.05, 4.69) is 21.2 Å². The summed E-state index contributed by atoms with van der Waals surface area (Å²) in [6, 6.07) is 2.72. The highest BCUT2D eigenvalue weighted by Crippen LogP contribution is 2.19. The van der Waals surface area contributed by atoms with Crippen LogP contribution in [0.4, 0.5) is 0 Å². The minimum atomic E-state index is -1.03. The van der Waals surface area contributed by atoms with Crippen molar-refractivity contribution in [1.82, 2.24) is 5.32 Å². The van der Waals surface area contributed by atoms with Crippen LogP contribution in [0, 0.1) is 0 Å². The maximum absolute atomic E-state index is 10.8. The SMILES string of the molecule is CC(=O)N[C@@H](CSCc1ccc(Br)o1)C(=O)O. The molecule has 0 radical (unpaired) electrons. The first-order chi connectivity index (χ1) is 7.99. The van der Waals surface area contributed by atoms with E-state index in [1.54, 1.807) is 6.07 Å². The summed E-state index contributed by atoms with van der Waals surface area (Å²) in [7, 11) is 0. The van der Waals surface area contributed by atoms with Crippen molar-refractivity contribution in [3.05, 3.63) is 22.6 Å². The monoisotopic (exact) mass is 321 g/mol. The Labute approximate surface area is 111 Å². The molecule has 0 bridgehead atoms. The van der Waals surface area contributed by atoms with Crippen LogP contribution in [0.3, 0.4) is 0 Å². The summed E-state index contributed by atoms with van der Waals surface area (Å²) in [6.45, 7) is 1.30. The number of halogens is 1. The van der Waals surface area contributed by atoms with E-state index in [1.165, 1.54) is 18.7 Å². The summed E-state index contributed by atoms with van der Waals surface area (Å²) in [5.41, 5.74) is 0. The molecular formula is C10H12BrNO4S. The van der Waals surface area contributed by atoms with E-state index < -0.39 is 12.0 Å². The highest BCUT2D eigenvalue weighted by Gasteiger charge is 2.18. The third kappa shape index (κ3) is 5.27. The minimum Gasteiger partial charge on any atom is -0.480 e. The molecule has 0 aromatic carbocycles. The van der Waals surface area contributed by atoms with Gasteiger partial charge in [-0.25, -0.2) is 4.79 Å². The van der Waals surface area contributed by atoms with Crippen molar-refractivity contribution in [2.24, 2.45) is 0 Å². The number of hydrogen-bond donors (Lipinski definition) is 2. The molecule has 0 unspecified atom stereocenters. The zero-order valence-electron chi connectivity index (χ0n) is 9.10. The number of carbonyl (C=O) groups is 2. The van der Waals surface area contributed by atoms with Gasteiger partial charge in [0.2, 0.25) is 5.91 Å². The molecule has 5 nitrogen and oxygen atoms in total. The smallest absolute Gasteiger partial charge is 0.327 e. The van der Waals surface area contributed by atoms with Gasteiger partial charge in [-0.2, -0.15) is 11.8 Å². The fraction of sp³-hybridized carbons (Fsp3) is 0.400. The maximum Gasteiger partial charge on any atom is 0.327 e. The van der Waals surface area contributed by atoms with E-state index in [0.717, 1.165) is 5.76 Å². The molecule has 17 heavy (non-hydrogen) atoms. The van der Waals surface area contributed by atoms with E-state index in [1.807, 2.05) is 6.07 Å². The molecule has 1 atom stereocenters. The van der Waals surface area contributed by atoms with Gasteiger partial charge in [-0.1, -0.05) is 0 Å². The molecule has 1 amide bonds. The Kier molecular flexibility index (Phi) is 5.57. The van der Waals surface area contributed by atoms with Crippen LogP contribution >= 0.6 is 27.7 Å².